The molecule has 2 aromatic rings. The average molecular weight is 381 g/mol. The highest BCUT2D eigenvalue weighted by Crippen LogP contribution is 2.22. The molecule has 1 aromatic heterocycles. The SMILES string of the molecule is CC(C)C[C@H](NC(=O)C1CC(c2cccc(-c3ccccn3)c2)=NO1)B(O)O. The Morgan fingerprint density at radius 1 is 1.25 bits per heavy atom. The molecule has 0 radical (unpaired) electrons. The Hall–Kier alpha value is -2.71. The number of hydrogen-bond donors (Lipinski definition) is 3. The number of pyridine rings is 1. The third-order valence-electron chi connectivity index (χ3n) is 4.53. The van der Waals surface area contributed by atoms with Crippen LogP contribution in [0.3, 0.4) is 0 Å². The summed E-state index contributed by atoms with van der Waals surface area (Å²) in [6, 6.07) is 13.5. The maximum atomic E-state index is 12.5. The summed E-state index contributed by atoms with van der Waals surface area (Å²) in [6.45, 7) is 3.90. The van der Waals surface area contributed by atoms with Gasteiger partial charge in [0.25, 0.3) is 5.91 Å². The molecule has 2 heterocycles. The number of oxime groups is 1. The second-order valence-corrected chi connectivity index (χ2v) is 7.29. The van der Waals surface area contributed by atoms with E-state index in [9.17, 15) is 14.8 Å². The Morgan fingerprint density at radius 3 is 2.71 bits per heavy atom. The fourth-order valence-electron chi connectivity index (χ4n) is 3.12. The largest absolute Gasteiger partial charge is 0.475 e. The van der Waals surface area contributed by atoms with Gasteiger partial charge in [-0.25, -0.2) is 0 Å². The topological polar surface area (TPSA) is 104 Å². The van der Waals surface area contributed by atoms with E-state index >= 15 is 0 Å². The van der Waals surface area contributed by atoms with Crippen LogP contribution in [0.25, 0.3) is 11.3 Å². The van der Waals surface area contributed by atoms with E-state index in [-0.39, 0.29) is 5.92 Å². The van der Waals surface area contributed by atoms with E-state index in [1.54, 1.807) is 6.20 Å². The van der Waals surface area contributed by atoms with Gasteiger partial charge in [-0.15, -0.1) is 0 Å². The van der Waals surface area contributed by atoms with Crippen molar-refractivity contribution < 1.29 is 19.7 Å². The number of amides is 1. The molecule has 0 saturated heterocycles. The second-order valence-electron chi connectivity index (χ2n) is 7.29. The van der Waals surface area contributed by atoms with Gasteiger partial charge in [-0.3, -0.25) is 9.78 Å². The Morgan fingerprint density at radius 2 is 2.04 bits per heavy atom. The van der Waals surface area contributed by atoms with Gasteiger partial charge in [-0.05, 0) is 30.5 Å². The molecule has 8 heteroatoms. The predicted molar refractivity (Wildman–Crippen MR) is 107 cm³/mol. The number of nitrogens with zero attached hydrogens (tertiary/aromatic N) is 2. The summed E-state index contributed by atoms with van der Waals surface area (Å²) < 4.78 is 0. The molecule has 1 unspecified atom stereocenters. The molecule has 2 atom stereocenters. The summed E-state index contributed by atoms with van der Waals surface area (Å²) >= 11 is 0. The van der Waals surface area contributed by atoms with Crippen molar-refractivity contribution in [3.05, 3.63) is 54.2 Å². The van der Waals surface area contributed by atoms with Crippen LogP contribution in [-0.4, -0.2) is 45.8 Å². The van der Waals surface area contributed by atoms with Crippen LogP contribution >= 0.6 is 0 Å². The molecule has 3 N–H and O–H groups in total. The van der Waals surface area contributed by atoms with Crippen LogP contribution in [0.4, 0.5) is 0 Å². The molecule has 3 rings (SSSR count). The van der Waals surface area contributed by atoms with E-state index in [4.69, 9.17) is 4.84 Å². The summed E-state index contributed by atoms with van der Waals surface area (Å²) in [5.74, 6) is -0.941. The van der Waals surface area contributed by atoms with E-state index in [2.05, 4.69) is 15.5 Å². The van der Waals surface area contributed by atoms with Gasteiger partial charge in [0.1, 0.15) is 0 Å². The smallest absolute Gasteiger partial charge is 0.426 e. The zero-order chi connectivity index (χ0) is 20.1. The van der Waals surface area contributed by atoms with Crippen molar-refractivity contribution in [2.24, 2.45) is 11.1 Å². The Balaban J connectivity index is 1.66. The number of benzene rings is 1. The minimum Gasteiger partial charge on any atom is -0.426 e. The first kappa shape index (κ1) is 20.0. The van der Waals surface area contributed by atoms with Crippen molar-refractivity contribution in [3.63, 3.8) is 0 Å². The Kier molecular flexibility index (Phi) is 6.43. The highest BCUT2D eigenvalue weighted by Gasteiger charge is 2.33. The number of carbonyl (C=O) groups excluding carboxylic acids is 1. The molecule has 0 aliphatic carbocycles. The van der Waals surface area contributed by atoms with Crippen LogP contribution in [-0.2, 0) is 9.63 Å². The van der Waals surface area contributed by atoms with E-state index < -0.39 is 25.1 Å². The Bertz CT molecular complexity index is 842. The summed E-state index contributed by atoms with van der Waals surface area (Å²) in [4.78, 5) is 22.1. The van der Waals surface area contributed by atoms with E-state index in [1.807, 2.05) is 56.3 Å². The van der Waals surface area contributed by atoms with E-state index in [0.29, 0.717) is 18.6 Å². The van der Waals surface area contributed by atoms with Gasteiger partial charge in [0, 0.05) is 23.7 Å². The van der Waals surface area contributed by atoms with Gasteiger partial charge in [0.05, 0.1) is 17.3 Å². The van der Waals surface area contributed by atoms with Crippen molar-refractivity contribution in [2.75, 3.05) is 0 Å². The monoisotopic (exact) mass is 381 g/mol. The van der Waals surface area contributed by atoms with Crippen LogP contribution in [0.15, 0.2) is 53.8 Å². The molecule has 0 bridgehead atoms. The fourth-order valence-corrected chi connectivity index (χ4v) is 3.12. The van der Waals surface area contributed by atoms with Crippen molar-refractivity contribution in [1.29, 1.82) is 0 Å². The third kappa shape index (κ3) is 4.96. The lowest BCUT2D eigenvalue weighted by molar-refractivity contribution is -0.131. The molecule has 1 aromatic carbocycles. The van der Waals surface area contributed by atoms with Crippen molar-refractivity contribution in [2.45, 2.75) is 38.7 Å². The molecular weight excluding hydrogens is 357 g/mol. The quantitative estimate of drug-likeness (QED) is 0.635. The normalized spacial score (nSPS) is 17.0. The minimum atomic E-state index is -1.62. The van der Waals surface area contributed by atoms with Gasteiger partial charge in [-0.1, -0.05) is 43.3 Å². The second kappa shape index (κ2) is 8.99. The molecule has 1 aliphatic rings. The summed E-state index contributed by atoms with van der Waals surface area (Å²) in [5, 5.41) is 25.7. The molecule has 28 heavy (non-hydrogen) atoms. The van der Waals surface area contributed by atoms with Gasteiger partial charge in [0.2, 0.25) is 6.10 Å². The summed E-state index contributed by atoms with van der Waals surface area (Å²) in [5.41, 5.74) is 3.34. The van der Waals surface area contributed by atoms with Crippen molar-refractivity contribution in [3.8, 4) is 11.3 Å². The van der Waals surface area contributed by atoms with Crippen LogP contribution < -0.4 is 5.32 Å². The molecule has 1 amide bonds. The average Bonchev–Trinajstić information content (AvgIpc) is 3.18. The molecule has 1 aliphatic heterocycles. The molecule has 7 nitrogen and oxygen atoms in total. The zero-order valence-electron chi connectivity index (χ0n) is 15.9. The number of nitrogens with one attached hydrogen (secondary N) is 1. The Labute approximate surface area is 164 Å². The molecular formula is C20H24BN3O4. The number of aromatic nitrogens is 1. The lowest BCUT2D eigenvalue weighted by atomic mass is 9.75. The van der Waals surface area contributed by atoms with Gasteiger partial charge in [0.15, 0.2) is 0 Å². The van der Waals surface area contributed by atoms with Gasteiger partial charge in [-0.2, -0.15) is 0 Å². The predicted octanol–water partition coefficient (Wildman–Crippen LogP) is 1.78. The molecule has 146 valence electrons. The highest BCUT2D eigenvalue weighted by atomic mass is 16.6. The zero-order valence-corrected chi connectivity index (χ0v) is 15.9. The van der Waals surface area contributed by atoms with Crippen LogP contribution in [0, 0.1) is 5.92 Å². The third-order valence-corrected chi connectivity index (χ3v) is 4.53. The highest BCUT2D eigenvalue weighted by molar-refractivity contribution is 6.43. The maximum absolute atomic E-state index is 12.5. The number of hydrogen-bond acceptors (Lipinski definition) is 6. The standard InChI is InChI=1S/C20H24BN3O4/c1-13(2)10-19(21(26)27)23-20(25)18-12-17(24-28-18)15-7-5-6-14(11-15)16-8-3-4-9-22-16/h3-9,11,13,18-19,26-27H,10,12H2,1-2H3,(H,23,25)/t18?,19-/m0/s1. The summed E-state index contributed by atoms with van der Waals surface area (Å²) in [7, 11) is -1.62. The van der Waals surface area contributed by atoms with E-state index in [0.717, 1.165) is 16.8 Å². The van der Waals surface area contributed by atoms with Crippen LogP contribution in [0.2, 0.25) is 0 Å². The first-order valence-electron chi connectivity index (χ1n) is 9.35. The maximum Gasteiger partial charge on any atom is 0.475 e. The molecule has 0 spiro atoms. The lowest BCUT2D eigenvalue weighted by Crippen LogP contribution is -2.50. The van der Waals surface area contributed by atoms with Crippen molar-refractivity contribution in [1.82, 2.24) is 10.3 Å². The number of carbonyl (C=O) groups is 1. The number of rotatable bonds is 7. The van der Waals surface area contributed by atoms with Crippen LogP contribution in [0.1, 0.15) is 32.3 Å². The van der Waals surface area contributed by atoms with E-state index in [1.165, 1.54) is 0 Å². The van der Waals surface area contributed by atoms with Gasteiger partial charge >= 0.3 is 7.12 Å². The van der Waals surface area contributed by atoms with Crippen LogP contribution in [0.5, 0.6) is 0 Å². The summed E-state index contributed by atoms with van der Waals surface area (Å²) in [6.07, 6.45) is 1.72. The minimum absolute atomic E-state index is 0.206. The van der Waals surface area contributed by atoms with Gasteiger partial charge < -0.3 is 20.2 Å². The first-order valence-corrected chi connectivity index (χ1v) is 9.35. The fraction of sp³-hybridized carbons (Fsp3) is 0.350. The first-order chi connectivity index (χ1) is 13.4. The molecule has 0 saturated carbocycles. The molecule has 0 fully saturated rings. The van der Waals surface area contributed by atoms with Crippen molar-refractivity contribution >= 4 is 18.7 Å². The lowest BCUT2D eigenvalue weighted by Gasteiger charge is -2.20.